The standard InChI is InChI=1S/C14H15ClN2O/c1-17(10-4-2-5-11(18)8-10)14-7-3-6-13(15)12(14)9-16/h2-8,18H,9,16H2,1H3. The van der Waals surface area contributed by atoms with Gasteiger partial charge in [0.05, 0.1) is 0 Å². The minimum Gasteiger partial charge on any atom is -0.508 e. The number of rotatable bonds is 3. The largest absolute Gasteiger partial charge is 0.508 e. The molecule has 2 aromatic rings. The summed E-state index contributed by atoms with van der Waals surface area (Å²) in [5, 5.41) is 10.2. The predicted octanol–water partition coefficient (Wildman–Crippen LogP) is 3.27. The molecule has 0 atom stereocenters. The van der Waals surface area contributed by atoms with Crippen molar-refractivity contribution >= 4 is 23.0 Å². The van der Waals surface area contributed by atoms with Crippen molar-refractivity contribution in [1.29, 1.82) is 0 Å². The van der Waals surface area contributed by atoms with Gasteiger partial charge < -0.3 is 15.7 Å². The highest BCUT2D eigenvalue weighted by molar-refractivity contribution is 6.31. The van der Waals surface area contributed by atoms with Crippen LogP contribution in [-0.4, -0.2) is 12.2 Å². The van der Waals surface area contributed by atoms with Gasteiger partial charge in [-0.3, -0.25) is 0 Å². The third-order valence-corrected chi connectivity index (χ3v) is 3.23. The lowest BCUT2D eigenvalue weighted by Crippen LogP contribution is -2.13. The van der Waals surface area contributed by atoms with Crippen LogP contribution in [0.3, 0.4) is 0 Å². The molecule has 0 radical (unpaired) electrons. The quantitative estimate of drug-likeness (QED) is 0.893. The summed E-state index contributed by atoms with van der Waals surface area (Å²) in [6, 6.07) is 12.7. The molecule has 2 rings (SSSR count). The summed E-state index contributed by atoms with van der Waals surface area (Å²) < 4.78 is 0. The third-order valence-electron chi connectivity index (χ3n) is 2.88. The van der Waals surface area contributed by atoms with Crippen molar-refractivity contribution in [3.05, 3.63) is 53.1 Å². The van der Waals surface area contributed by atoms with E-state index in [2.05, 4.69) is 0 Å². The maximum atomic E-state index is 9.51. The molecule has 0 saturated heterocycles. The van der Waals surface area contributed by atoms with Crippen LogP contribution in [-0.2, 0) is 6.54 Å². The summed E-state index contributed by atoms with van der Waals surface area (Å²) in [6.07, 6.45) is 0. The molecule has 4 heteroatoms. The zero-order valence-corrected chi connectivity index (χ0v) is 10.9. The molecule has 0 saturated carbocycles. The van der Waals surface area contributed by atoms with Gasteiger partial charge in [-0.2, -0.15) is 0 Å². The molecule has 94 valence electrons. The van der Waals surface area contributed by atoms with Crippen LogP contribution in [0.15, 0.2) is 42.5 Å². The molecule has 0 aromatic heterocycles. The first-order valence-corrected chi connectivity index (χ1v) is 6.01. The topological polar surface area (TPSA) is 49.5 Å². The molecule has 0 fully saturated rings. The summed E-state index contributed by atoms with van der Waals surface area (Å²) in [5.74, 6) is 0.232. The fraction of sp³-hybridized carbons (Fsp3) is 0.143. The summed E-state index contributed by atoms with van der Waals surface area (Å²) in [6.45, 7) is 0.373. The van der Waals surface area contributed by atoms with Gasteiger partial charge in [0.25, 0.3) is 0 Å². The SMILES string of the molecule is CN(c1cccc(O)c1)c1cccc(Cl)c1CN. The molecule has 18 heavy (non-hydrogen) atoms. The molecule has 0 unspecified atom stereocenters. The lowest BCUT2D eigenvalue weighted by molar-refractivity contribution is 0.475. The molecule has 0 aliphatic heterocycles. The van der Waals surface area contributed by atoms with Gasteiger partial charge in [-0.15, -0.1) is 0 Å². The van der Waals surface area contributed by atoms with E-state index in [1.54, 1.807) is 18.2 Å². The highest BCUT2D eigenvalue weighted by Gasteiger charge is 2.11. The molecule has 2 aromatic carbocycles. The van der Waals surface area contributed by atoms with Gasteiger partial charge in [-0.05, 0) is 24.3 Å². The Hall–Kier alpha value is -1.71. The second-order valence-electron chi connectivity index (χ2n) is 4.02. The van der Waals surface area contributed by atoms with Crippen molar-refractivity contribution in [2.75, 3.05) is 11.9 Å². The summed E-state index contributed by atoms with van der Waals surface area (Å²) >= 11 is 6.14. The fourth-order valence-corrected chi connectivity index (χ4v) is 2.15. The van der Waals surface area contributed by atoms with Crippen LogP contribution in [0.2, 0.25) is 5.02 Å². The summed E-state index contributed by atoms with van der Waals surface area (Å²) in [7, 11) is 1.92. The summed E-state index contributed by atoms with van der Waals surface area (Å²) in [5.41, 5.74) is 8.45. The van der Waals surface area contributed by atoms with Gasteiger partial charge in [-0.25, -0.2) is 0 Å². The minimum absolute atomic E-state index is 0.232. The number of phenols is 1. The Morgan fingerprint density at radius 1 is 1.22 bits per heavy atom. The number of phenolic OH excluding ortho intramolecular Hbond substituents is 1. The molecular formula is C14H15ClN2O. The van der Waals surface area contributed by atoms with Gasteiger partial charge in [0, 0.05) is 41.6 Å². The highest BCUT2D eigenvalue weighted by atomic mass is 35.5. The number of nitrogens with two attached hydrogens (primary N) is 1. The minimum atomic E-state index is 0.232. The number of halogens is 1. The van der Waals surface area contributed by atoms with Crippen molar-refractivity contribution in [2.45, 2.75) is 6.54 Å². The van der Waals surface area contributed by atoms with Crippen LogP contribution < -0.4 is 10.6 Å². The molecular weight excluding hydrogens is 248 g/mol. The number of aromatic hydroxyl groups is 1. The molecule has 3 nitrogen and oxygen atoms in total. The van der Waals surface area contributed by atoms with Gasteiger partial charge >= 0.3 is 0 Å². The zero-order chi connectivity index (χ0) is 13.1. The molecule has 0 aliphatic rings. The van der Waals surface area contributed by atoms with Crippen LogP contribution in [0.1, 0.15) is 5.56 Å². The van der Waals surface area contributed by atoms with Crippen molar-refractivity contribution < 1.29 is 5.11 Å². The van der Waals surface area contributed by atoms with Gasteiger partial charge in [-0.1, -0.05) is 23.7 Å². The average molecular weight is 263 g/mol. The Balaban J connectivity index is 2.46. The first-order chi connectivity index (χ1) is 8.63. The Morgan fingerprint density at radius 2 is 1.94 bits per heavy atom. The van der Waals surface area contributed by atoms with E-state index >= 15 is 0 Å². The van der Waals surface area contributed by atoms with E-state index in [1.807, 2.05) is 36.2 Å². The second-order valence-corrected chi connectivity index (χ2v) is 4.43. The van der Waals surface area contributed by atoms with E-state index in [1.165, 1.54) is 0 Å². The maximum Gasteiger partial charge on any atom is 0.117 e. The Kier molecular flexibility index (Phi) is 3.75. The fourth-order valence-electron chi connectivity index (χ4n) is 1.90. The summed E-state index contributed by atoms with van der Waals surface area (Å²) in [4.78, 5) is 1.95. The molecule has 0 amide bonds. The lowest BCUT2D eigenvalue weighted by Gasteiger charge is -2.23. The monoisotopic (exact) mass is 262 g/mol. The zero-order valence-electron chi connectivity index (χ0n) is 10.1. The van der Waals surface area contributed by atoms with Crippen molar-refractivity contribution in [2.24, 2.45) is 5.73 Å². The van der Waals surface area contributed by atoms with Crippen molar-refractivity contribution in [3.8, 4) is 5.75 Å². The van der Waals surface area contributed by atoms with Crippen molar-refractivity contribution in [3.63, 3.8) is 0 Å². The third kappa shape index (κ3) is 2.42. The molecule has 0 heterocycles. The number of benzene rings is 2. The Bertz CT molecular complexity index is 557. The highest BCUT2D eigenvalue weighted by Crippen LogP contribution is 2.32. The van der Waals surface area contributed by atoms with Crippen LogP contribution in [0, 0.1) is 0 Å². The van der Waals surface area contributed by atoms with Gasteiger partial charge in [0.1, 0.15) is 5.75 Å². The molecule has 0 aliphatic carbocycles. The lowest BCUT2D eigenvalue weighted by atomic mass is 10.1. The van der Waals surface area contributed by atoms with E-state index in [9.17, 15) is 5.11 Å². The maximum absolute atomic E-state index is 9.51. The van der Waals surface area contributed by atoms with Gasteiger partial charge in [0.2, 0.25) is 0 Å². The van der Waals surface area contributed by atoms with E-state index in [0.717, 1.165) is 16.9 Å². The van der Waals surface area contributed by atoms with Gasteiger partial charge in [0.15, 0.2) is 0 Å². The Morgan fingerprint density at radius 3 is 2.61 bits per heavy atom. The van der Waals surface area contributed by atoms with Crippen molar-refractivity contribution in [1.82, 2.24) is 0 Å². The van der Waals surface area contributed by atoms with Crippen LogP contribution >= 0.6 is 11.6 Å². The predicted molar refractivity (Wildman–Crippen MR) is 75.5 cm³/mol. The molecule has 0 bridgehead atoms. The van der Waals surface area contributed by atoms with E-state index in [0.29, 0.717) is 11.6 Å². The first kappa shape index (κ1) is 12.7. The van der Waals surface area contributed by atoms with Crippen LogP contribution in [0.4, 0.5) is 11.4 Å². The Labute approximate surface area is 111 Å². The average Bonchev–Trinajstić information content (AvgIpc) is 2.37. The first-order valence-electron chi connectivity index (χ1n) is 5.63. The normalized spacial score (nSPS) is 10.4. The van der Waals surface area contributed by atoms with Crippen LogP contribution in [0.25, 0.3) is 0 Å². The molecule has 0 spiro atoms. The second kappa shape index (κ2) is 5.29. The van der Waals surface area contributed by atoms with E-state index in [-0.39, 0.29) is 5.75 Å². The number of hydrogen-bond acceptors (Lipinski definition) is 3. The number of nitrogens with zero attached hydrogens (tertiary/aromatic N) is 1. The number of anilines is 2. The molecule has 3 N–H and O–H groups in total. The number of hydrogen-bond donors (Lipinski definition) is 2. The smallest absolute Gasteiger partial charge is 0.117 e. The van der Waals surface area contributed by atoms with Crippen LogP contribution in [0.5, 0.6) is 5.75 Å². The van der Waals surface area contributed by atoms with E-state index in [4.69, 9.17) is 17.3 Å². The van der Waals surface area contributed by atoms with E-state index < -0.39 is 0 Å².